The molecule has 1 aliphatic heterocycles. The zero-order chi connectivity index (χ0) is 14.0. The summed E-state index contributed by atoms with van der Waals surface area (Å²) in [7, 11) is -3.69. The van der Waals surface area contributed by atoms with Gasteiger partial charge >= 0.3 is 0 Å². The number of nitrogens with one attached hydrogen (secondary N) is 1. The number of sulfonamides is 1. The Bertz CT molecular complexity index is 649. The second kappa shape index (κ2) is 5.49. The summed E-state index contributed by atoms with van der Waals surface area (Å²) in [6.45, 7) is 3.63. The van der Waals surface area contributed by atoms with E-state index in [9.17, 15) is 13.5 Å². The molecule has 0 bridgehead atoms. The van der Waals surface area contributed by atoms with Crippen LogP contribution in [0.1, 0.15) is 13.8 Å². The summed E-state index contributed by atoms with van der Waals surface area (Å²) in [5, 5.41) is 9.66. The normalized spacial score (nSPS) is 15.4. The lowest BCUT2D eigenvalue weighted by molar-refractivity contribution is 0.129. The minimum Gasteiger partial charge on any atom is -0.391 e. The molecular formula is C11H15N3O3S2. The van der Waals surface area contributed by atoms with Gasteiger partial charge in [-0.05, 0) is 18.1 Å². The second-order valence-electron chi connectivity index (χ2n) is 4.55. The van der Waals surface area contributed by atoms with Crippen molar-refractivity contribution in [1.29, 1.82) is 0 Å². The summed E-state index contributed by atoms with van der Waals surface area (Å²) in [5.74, 6) is -0.0144. The van der Waals surface area contributed by atoms with Crippen LogP contribution >= 0.6 is 0 Å². The van der Waals surface area contributed by atoms with E-state index in [1.807, 2.05) is 13.8 Å². The maximum absolute atomic E-state index is 12.2. The van der Waals surface area contributed by atoms with Crippen molar-refractivity contribution in [3.63, 3.8) is 0 Å². The minimum atomic E-state index is -3.69. The first-order valence-electron chi connectivity index (χ1n) is 5.81. The Morgan fingerprint density at radius 1 is 1.37 bits per heavy atom. The molecule has 1 heterocycles. The Balaban J connectivity index is 2.22. The average Bonchev–Trinajstić information content (AvgIpc) is 2.83. The summed E-state index contributed by atoms with van der Waals surface area (Å²) in [6.07, 6.45) is -0.720. The predicted molar refractivity (Wildman–Crippen MR) is 74.0 cm³/mol. The average molecular weight is 301 g/mol. The minimum absolute atomic E-state index is 0.0144. The highest BCUT2D eigenvalue weighted by molar-refractivity contribution is 7.89. The van der Waals surface area contributed by atoms with Crippen LogP contribution in [0.2, 0.25) is 0 Å². The molecule has 0 fully saturated rings. The van der Waals surface area contributed by atoms with E-state index in [2.05, 4.69) is 13.4 Å². The maximum atomic E-state index is 12.2. The molecule has 8 heteroatoms. The number of fused-ring (bicyclic) bond motifs is 1. The number of aliphatic hydroxyl groups is 1. The standard InChI is InChI=1S/C11H15N3O3S2/c1-7(2)9(15)6-12-19(16,17)10-5-3-4-8-11(10)14-18-13-8/h3-5,7,9,12,15H,6H2,1-2H3. The lowest BCUT2D eigenvalue weighted by atomic mass is 10.1. The maximum Gasteiger partial charge on any atom is 0.242 e. The van der Waals surface area contributed by atoms with Gasteiger partial charge in [-0.15, -0.1) is 0 Å². The van der Waals surface area contributed by atoms with Gasteiger partial charge < -0.3 is 5.11 Å². The van der Waals surface area contributed by atoms with Gasteiger partial charge in [0.15, 0.2) is 0 Å². The van der Waals surface area contributed by atoms with E-state index in [-0.39, 0.29) is 17.4 Å². The van der Waals surface area contributed by atoms with E-state index in [0.717, 1.165) is 11.4 Å². The van der Waals surface area contributed by atoms with Crippen LogP contribution in [0.5, 0.6) is 0 Å². The van der Waals surface area contributed by atoms with Gasteiger partial charge in [-0.25, -0.2) is 13.1 Å². The van der Waals surface area contributed by atoms with Gasteiger partial charge in [0.1, 0.15) is 16.3 Å². The molecule has 19 heavy (non-hydrogen) atoms. The van der Waals surface area contributed by atoms with Crippen molar-refractivity contribution in [2.75, 3.05) is 6.54 Å². The van der Waals surface area contributed by atoms with Crippen molar-refractivity contribution in [2.45, 2.75) is 24.8 Å². The van der Waals surface area contributed by atoms with E-state index < -0.39 is 16.1 Å². The van der Waals surface area contributed by atoms with E-state index in [4.69, 9.17) is 0 Å². The van der Waals surface area contributed by atoms with E-state index in [0.29, 0.717) is 11.4 Å². The number of nitrogens with zero attached hydrogens (tertiary/aromatic N) is 2. The molecule has 2 N–H and O–H groups in total. The van der Waals surface area contributed by atoms with E-state index in [1.165, 1.54) is 6.07 Å². The van der Waals surface area contributed by atoms with Gasteiger partial charge in [0.05, 0.1) is 17.5 Å². The molecule has 6 nitrogen and oxygen atoms in total. The highest BCUT2D eigenvalue weighted by Gasteiger charge is 2.23. The molecule has 0 spiro atoms. The fourth-order valence-electron chi connectivity index (χ4n) is 1.51. The number of rotatable bonds is 5. The van der Waals surface area contributed by atoms with Crippen molar-refractivity contribution in [1.82, 2.24) is 4.72 Å². The lowest BCUT2D eigenvalue weighted by Gasteiger charge is -2.15. The predicted octanol–water partition coefficient (Wildman–Crippen LogP) is 1.71. The smallest absolute Gasteiger partial charge is 0.242 e. The van der Waals surface area contributed by atoms with Crippen molar-refractivity contribution in [2.24, 2.45) is 14.6 Å². The van der Waals surface area contributed by atoms with Gasteiger partial charge in [-0.2, -0.15) is 8.73 Å². The van der Waals surface area contributed by atoms with E-state index in [1.54, 1.807) is 12.1 Å². The van der Waals surface area contributed by atoms with Gasteiger partial charge in [0.25, 0.3) is 0 Å². The topological polar surface area (TPSA) is 91.1 Å². The Morgan fingerprint density at radius 3 is 2.79 bits per heavy atom. The van der Waals surface area contributed by atoms with Crippen LogP contribution in [0, 0.1) is 5.92 Å². The Morgan fingerprint density at radius 2 is 2.11 bits per heavy atom. The number of hydrogen-bond acceptors (Lipinski definition) is 5. The third-order valence-corrected chi connectivity index (χ3v) is 4.79. The van der Waals surface area contributed by atoms with Crippen LogP contribution in [-0.2, 0) is 21.4 Å². The fourth-order valence-corrected chi connectivity index (χ4v) is 3.32. The fraction of sp³-hybridized carbons (Fsp3) is 0.455. The molecule has 1 atom stereocenters. The molecule has 0 aromatic heterocycles. The van der Waals surface area contributed by atoms with Crippen LogP contribution in [0.15, 0.2) is 31.8 Å². The van der Waals surface area contributed by atoms with Gasteiger partial charge in [0, 0.05) is 6.54 Å². The summed E-state index contributed by atoms with van der Waals surface area (Å²) >= 11 is 0.971. The van der Waals surface area contributed by atoms with Crippen LogP contribution in [0.4, 0.5) is 11.4 Å². The van der Waals surface area contributed by atoms with Crippen LogP contribution in [0.3, 0.4) is 0 Å². The van der Waals surface area contributed by atoms with Crippen molar-refractivity contribution in [3.05, 3.63) is 18.2 Å². The molecule has 2 rings (SSSR count). The van der Waals surface area contributed by atoms with Gasteiger partial charge in [-0.1, -0.05) is 19.9 Å². The van der Waals surface area contributed by atoms with Crippen molar-refractivity contribution < 1.29 is 13.5 Å². The van der Waals surface area contributed by atoms with Crippen LogP contribution in [-0.4, -0.2) is 26.2 Å². The first-order valence-corrected chi connectivity index (χ1v) is 8.02. The zero-order valence-corrected chi connectivity index (χ0v) is 12.2. The molecular weight excluding hydrogens is 286 g/mol. The molecule has 0 radical (unpaired) electrons. The summed E-state index contributed by atoms with van der Waals surface area (Å²) in [4.78, 5) is 0.0923. The van der Waals surface area contributed by atoms with Crippen LogP contribution in [0.25, 0.3) is 0 Å². The molecule has 1 aromatic rings. The second-order valence-corrected chi connectivity index (χ2v) is 6.82. The Labute approximate surface area is 115 Å². The van der Waals surface area contributed by atoms with Gasteiger partial charge in [0.2, 0.25) is 10.0 Å². The Hall–Kier alpha value is -1.09. The SMILES string of the molecule is CC(C)C(O)CNS(=O)(=O)c1cccc2c1N=S=N2. The quantitative estimate of drug-likeness (QED) is 0.880. The molecule has 1 unspecified atom stereocenters. The van der Waals surface area contributed by atoms with Crippen molar-refractivity contribution in [3.8, 4) is 0 Å². The number of aliphatic hydroxyl groups excluding tert-OH is 1. The van der Waals surface area contributed by atoms with Crippen LogP contribution < -0.4 is 4.72 Å². The largest absolute Gasteiger partial charge is 0.391 e. The van der Waals surface area contributed by atoms with E-state index >= 15 is 0 Å². The zero-order valence-electron chi connectivity index (χ0n) is 10.6. The molecule has 1 aromatic carbocycles. The molecule has 0 amide bonds. The molecule has 0 saturated heterocycles. The summed E-state index contributed by atoms with van der Waals surface area (Å²) in [6, 6.07) is 4.81. The summed E-state index contributed by atoms with van der Waals surface area (Å²) < 4.78 is 34.8. The monoisotopic (exact) mass is 301 g/mol. The summed E-state index contributed by atoms with van der Waals surface area (Å²) in [5.41, 5.74) is 0.913. The van der Waals surface area contributed by atoms with Gasteiger partial charge in [-0.3, -0.25) is 0 Å². The number of hydrogen-bond donors (Lipinski definition) is 2. The molecule has 0 aliphatic carbocycles. The molecule has 0 saturated carbocycles. The number of benzene rings is 1. The third-order valence-electron chi connectivity index (χ3n) is 2.79. The molecule has 1 aliphatic rings. The highest BCUT2D eigenvalue weighted by Crippen LogP contribution is 2.37. The first kappa shape index (κ1) is 14.3. The molecule has 104 valence electrons. The first-order chi connectivity index (χ1) is 8.92. The Kier molecular flexibility index (Phi) is 4.14. The van der Waals surface area contributed by atoms with Crippen molar-refractivity contribution >= 4 is 32.8 Å². The third kappa shape index (κ3) is 3.08. The lowest BCUT2D eigenvalue weighted by Crippen LogP contribution is -2.34. The highest BCUT2D eigenvalue weighted by atomic mass is 32.2.